The number of nitriles is 1. The summed E-state index contributed by atoms with van der Waals surface area (Å²) in [4.78, 5) is 2.50. The van der Waals surface area contributed by atoms with E-state index in [1.54, 1.807) is 7.11 Å². The molecule has 1 fully saturated rings. The molecule has 1 aliphatic heterocycles. The van der Waals surface area contributed by atoms with E-state index in [9.17, 15) is 0 Å². The molecule has 19 heavy (non-hydrogen) atoms. The second kappa shape index (κ2) is 6.58. The van der Waals surface area contributed by atoms with E-state index in [1.165, 1.54) is 37.9 Å². The summed E-state index contributed by atoms with van der Waals surface area (Å²) in [7, 11) is 1.60. The van der Waals surface area contributed by atoms with Crippen LogP contribution in [0.5, 0.6) is 5.75 Å². The van der Waals surface area contributed by atoms with Crippen LogP contribution in [0.3, 0.4) is 0 Å². The van der Waals surface area contributed by atoms with Crippen molar-refractivity contribution < 1.29 is 4.74 Å². The number of methoxy groups -OCH3 is 1. The predicted molar refractivity (Wildman–Crippen MR) is 76.0 cm³/mol. The average Bonchev–Trinajstić information content (AvgIpc) is 2.47. The molecule has 0 amide bonds. The molecule has 3 heteroatoms. The zero-order valence-corrected chi connectivity index (χ0v) is 11.9. The van der Waals surface area contributed by atoms with Crippen LogP contribution in [0.2, 0.25) is 0 Å². The fourth-order valence-electron chi connectivity index (χ4n) is 2.83. The number of hydrogen-bond acceptors (Lipinski definition) is 3. The molecule has 1 heterocycles. The number of rotatable bonds is 4. The molecule has 0 spiro atoms. The van der Waals surface area contributed by atoms with Gasteiger partial charge in [-0.05, 0) is 43.0 Å². The second-order valence-electron chi connectivity index (χ2n) is 5.30. The predicted octanol–water partition coefficient (Wildman–Crippen LogP) is 3.19. The molecule has 2 rings (SSSR count). The van der Waals surface area contributed by atoms with Gasteiger partial charge in [0, 0.05) is 13.1 Å². The summed E-state index contributed by atoms with van der Waals surface area (Å²) < 4.78 is 5.18. The van der Waals surface area contributed by atoms with Crippen LogP contribution in [0.1, 0.15) is 37.3 Å². The number of benzene rings is 1. The highest BCUT2D eigenvalue weighted by Crippen LogP contribution is 2.23. The van der Waals surface area contributed by atoms with Gasteiger partial charge in [-0.1, -0.05) is 19.4 Å². The summed E-state index contributed by atoms with van der Waals surface area (Å²) >= 11 is 0. The lowest BCUT2D eigenvalue weighted by Gasteiger charge is -2.32. The maximum absolute atomic E-state index is 9.12. The maximum Gasteiger partial charge on any atom is 0.136 e. The Bertz CT molecular complexity index is 464. The van der Waals surface area contributed by atoms with Gasteiger partial charge in [0.15, 0.2) is 0 Å². The molecule has 1 unspecified atom stereocenters. The van der Waals surface area contributed by atoms with Gasteiger partial charge in [0.05, 0.1) is 12.7 Å². The second-order valence-corrected chi connectivity index (χ2v) is 5.30. The SMILES string of the molecule is CCC1CCCN(Cc2ccc(OC)c(C#N)c2)C1. The Kier molecular flexibility index (Phi) is 4.81. The smallest absolute Gasteiger partial charge is 0.136 e. The molecule has 0 bridgehead atoms. The van der Waals surface area contributed by atoms with Gasteiger partial charge in [0.25, 0.3) is 0 Å². The van der Waals surface area contributed by atoms with Gasteiger partial charge >= 0.3 is 0 Å². The van der Waals surface area contributed by atoms with Gasteiger partial charge in [-0.15, -0.1) is 0 Å². The van der Waals surface area contributed by atoms with Crippen LogP contribution >= 0.6 is 0 Å². The third-order valence-corrected chi connectivity index (χ3v) is 3.97. The van der Waals surface area contributed by atoms with Crippen LogP contribution in [-0.2, 0) is 6.54 Å². The number of ether oxygens (including phenoxy) is 1. The van der Waals surface area contributed by atoms with Gasteiger partial charge in [-0.25, -0.2) is 0 Å². The van der Waals surface area contributed by atoms with E-state index in [0.717, 1.165) is 12.5 Å². The summed E-state index contributed by atoms with van der Waals surface area (Å²) in [5.74, 6) is 1.50. The van der Waals surface area contributed by atoms with Gasteiger partial charge < -0.3 is 4.74 Å². The van der Waals surface area contributed by atoms with E-state index in [2.05, 4.69) is 24.0 Å². The lowest BCUT2D eigenvalue weighted by atomic mass is 9.95. The first-order valence-corrected chi connectivity index (χ1v) is 7.06. The van der Waals surface area contributed by atoms with Crippen molar-refractivity contribution in [1.29, 1.82) is 5.26 Å². The fourth-order valence-corrected chi connectivity index (χ4v) is 2.83. The maximum atomic E-state index is 9.12. The molecule has 3 nitrogen and oxygen atoms in total. The zero-order valence-electron chi connectivity index (χ0n) is 11.9. The fraction of sp³-hybridized carbons (Fsp3) is 0.562. The average molecular weight is 258 g/mol. The van der Waals surface area contributed by atoms with Crippen LogP contribution in [0.15, 0.2) is 18.2 Å². The Morgan fingerprint density at radius 2 is 2.32 bits per heavy atom. The molecule has 1 atom stereocenters. The third kappa shape index (κ3) is 3.48. The zero-order chi connectivity index (χ0) is 13.7. The van der Waals surface area contributed by atoms with E-state index in [4.69, 9.17) is 10.00 Å². The highest BCUT2D eigenvalue weighted by molar-refractivity contribution is 5.45. The van der Waals surface area contributed by atoms with E-state index in [0.29, 0.717) is 11.3 Å². The summed E-state index contributed by atoms with van der Waals surface area (Å²) in [6.45, 7) is 5.57. The van der Waals surface area contributed by atoms with Crippen LogP contribution in [0.4, 0.5) is 0 Å². The van der Waals surface area contributed by atoms with Crippen molar-refractivity contribution >= 4 is 0 Å². The Hall–Kier alpha value is -1.53. The lowest BCUT2D eigenvalue weighted by molar-refractivity contribution is 0.164. The highest BCUT2D eigenvalue weighted by Gasteiger charge is 2.18. The van der Waals surface area contributed by atoms with Crippen molar-refractivity contribution in [2.24, 2.45) is 5.92 Å². The molecule has 1 aromatic rings. The molecule has 0 aromatic heterocycles. The standard InChI is InChI=1S/C16H22N2O/c1-3-13-5-4-8-18(11-13)12-14-6-7-16(19-2)15(9-14)10-17/h6-7,9,13H,3-5,8,11-12H2,1-2H3. The van der Waals surface area contributed by atoms with Crippen LogP contribution in [0, 0.1) is 17.2 Å². The molecule has 0 radical (unpaired) electrons. The number of nitrogens with zero attached hydrogens (tertiary/aromatic N) is 2. The molecule has 1 saturated heterocycles. The van der Waals surface area contributed by atoms with Gasteiger partial charge in [-0.3, -0.25) is 4.90 Å². The summed E-state index contributed by atoms with van der Waals surface area (Å²) in [6, 6.07) is 8.12. The minimum atomic E-state index is 0.629. The van der Waals surface area contributed by atoms with Crippen molar-refractivity contribution in [3.8, 4) is 11.8 Å². The highest BCUT2D eigenvalue weighted by atomic mass is 16.5. The Morgan fingerprint density at radius 1 is 1.47 bits per heavy atom. The van der Waals surface area contributed by atoms with Crippen molar-refractivity contribution in [2.45, 2.75) is 32.7 Å². The molecule has 0 N–H and O–H groups in total. The topological polar surface area (TPSA) is 36.3 Å². The van der Waals surface area contributed by atoms with Crippen molar-refractivity contribution in [3.63, 3.8) is 0 Å². The molecular formula is C16H22N2O. The Morgan fingerprint density at radius 3 is 3.00 bits per heavy atom. The van der Waals surface area contributed by atoms with Gasteiger partial charge in [0.2, 0.25) is 0 Å². The number of piperidine rings is 1. The quantitative estimate of drug-likeness (QED) is 0.832. The van der Waals surface area contributed by atoms with Crippen LogP contribution in [-0.4, -0.2) is 25.1 Å². The Labute approximate surface area is 115 Å². The van der Waals surface area contributed by atoms with Crippen molar-refractivity contribution in [2.75, 3.05) is 20.2 Å². The first kappa shape index (κ1) is 13.9. The first-order chi connectivity index (χ1) is 9.26. The minimum absolute atomic E-state index is 0.629. The molecule has 0 saturated carbocycles. The van der Waals surface area contributed by atoms with Crippen LogP contribution < -0.4 is 4.74 Å². The molecule has 102 valence electrons. The molecule has 1 aliphatic rings. The molecular weight excluding hydrogens is 236 g/mol. The van der Waals surface area contributed by atoms with Crippen molar-refractivity contribution in [1.82, 2.24) is 4.90 Å². The summed E-state index contributed by atoms with van der Waals surface area (Å²) in [6.07, 6.45) is 3.92. The normalized spacial score (nSPS) is 19.9. The lowest BCUT2D eigenvalue weighted by Crippen LogP contribution is -2.34. The van der Waals surface area contributed by atoms with E-state index < -0.39 is 0 Å². The summed E-state index contributed by atoms with van der Waals surface area (Å²) in [5, 5.41) is 9.12. The van der Waals surface area contributed by atoms with Crippen LogP contribution in [0.25, 0.3) is 0 Å². The van der Waals surface area contributed by atoms with Gasteiger partial charge in [-0.2, -0.15) is 5.26 Å². The van der Waals surface area contributed by atoms with E-state index in [1.807, 2.05) is 12.1 Å². The monoisotopic (exact) mass is 258 g/mol. The third-order valence-electron chi connectivity index (χ3n) is 3.97. The van der Waals surface area contributed by atoms with Crippen molar-refractivity contribution in [3.05, 3.63) is 29.3 Å². The Balaban J connectivity index is 2.05. The molecule has 0 aliphatic carbocycles. The summed E-state index contributed by atoms with van der Waals surface area (Å²) in [5.41, 5.74) is 1.83. The number of likely N-dealkylation sites (tertiary alicyclic amines) is 1. The van der Waals surface area contributed by atoms with Gasteiger partial charge in [0.1, 0.15) is 11.8 Å². The van der Waals surface area contributed by atoms with E-state index in [-0.39, 0.29) is 0 Å². The molecule has 1 aromatic carbocycles. The first-order valence-electron chi connectivity index (χ1n) is 7.06. The minimum Gasteiger partial charge on any atom is -0.495 e. The van der Waals surface area contributed by atoms with E-state index >= 15 is 0 Å². The number of hydrogen-bond donors (Lipinski definition) is 0. The largest absolute Gasteiger partial charge is 0.495 e.